The number of rotatable bonds is 5. The predicted molar refractivity (Wildman–Crippen MR) is 110 cm³/mol. The summed E-state index contributed by atoms with van der Waals surface area (Å²) < 4.78 is 11.7. The first kappa shape index (κ1) is 19.4. The Bertz CT molecular complexity index is 820. The SMILES string of the molecule is COc1cccc(C(=O)NC(=NCC2CCCO2)Nc2cccc(Br)c2)c1. The Labute approximate surface area is 167 Å². The number of benzene rings is 2. The highest BCUT2D eigenvalue weighted by molar-refractivity contribution is 9.10. The van der Waals surface area contributed by atoms with Gasteiger partial charge in [-0.3, -0.25) is 10.1 Å². The molecular formula is C20H22BrN3O3. The molecule has 2 N–H and O–H groups in total. The first-order chi connectivity index (χ1) is 13.1. The smallest absolute Gasteiger partial charge is 0.258 e. The van der Waals surface area contributed by atoms with Gasteiger partial charge in [-0.2, -0.15) is 0 Å². The summed E-state index contributed by atoms with van der Waals surface area (Å²) in [7, 11) is 1.57. The molecule has 0 aromatic heterocycles. The molecule has 0 bridgehead atoms. The summed E-state index contributed by atoms with van der Waals surface area (Å²) in [5, 5.41) is 6.02. The maximum atomic E-state index is 12.6. The summed E-state index contributed by atoms with van der Waals surface area (Å²) in [6.07, 6.45) is 2.13. The number of nitrogens with one attached hydrogen (secondary N) is 2. The average Bonchev–Trinajstić information content (AvgIpc) is 3.20. The van der Waals surface area contributed by atoms with Crippen LogP contribution in [-0.4, -0.2) is 38.2 Å². The van der Waals surface area contributed by atoms with Gasteiger partial charge in [-0.15, -0.1) is 0 Å². The third kappa shape index (κ3) is 5.80. The van der Waals surface area contributed by atoms with E-state index in [2.05, 4.69) is 31.6 Å². The van der Waals surface area contributed by atoms with Gasteiger partial charge in [0.05, 0.1) is 19.8 Å². The van der Waals surface area contributed by atoms with Crippen LogP contribution in [0.3, 0.4) is 0 Å². The lowest BCUT2D eigenvalue weighted by Gasteiger charge is -2.14. The molecule has 2 aromatic carbocycles. The van der Waals surface area contributed by atoms with E-state index >= 15 is 0 Å². The molecule has 7 heteroatoms. The number of aliphatic imine (C=N–C) groups is 1. The summed E-state index contributed by atoms with van der Waals surface area (Å²) in [4.78, 5) is 17.2. The monoisotopic (exact) mass is 431 g/mol. The summed E-state index contributed by atoms with van der Waals surface area (Å²) in [5.41, 5.74) is 1.32. The van der Waals surface area contributed by atoms with Crippen LogP contribution in [0.15, 0.2) is 58.0 Å². The van der Waals surface area contributed by atoms with Gasteiger partial charge < -0.3 is 14.8 Å². The topological polar surface area (TPSA) is 72.0 Å². The molecule has 0 saturated carbocycles. The van der Waals surface area contributed by atoms with Crippen molar-refractivity contribution in [3.8, 4) is 5.75 Å². The van der Waals surface area contributed by atoms with Gasteiger partial charge >= 0.3 is 0 Å². The minimum Gasteiger partial charge on any atom is -0.497 e. The number of ether oxygens (including phenoxy) is 2. The second-order valence-corrected chi connectivity index (χ2v) is 7.06. The molecule has 1 saturated heterocycles. The first-order valence-electron chi connectivity index (χ1n) is 8.78. The number of hydrogen-bond donors (Lipinski definition) is 2. The number of anilines is 1. The van der Waals surface area contributed by atoms with Crippen molar-refractivity contribution < 1.29 is 14.3 Å². The molecule has 1 heterocycles. The zero-order valence-electron chi connectivity index (χ0n) is 15.1. The standard InChI is InChI=1S/C20H22BrN3O3/c1-26-17-8-2-5-14(11-17)19(25)24-20(22-13-18-9-4-10-27-18)23-16-7-3-6-15(21)12-16/h2-3,5-8,11-12,18H,4,9-10,13H2,1H3,(H2,22,23,24,25). The normalized spacial score (nSPS) is 16.8. The van der Waals surface area contributed by atoms with Gasteiger partial charge in [0.15, 0.2) is 0 Å². The van der Waals surface area contributed by atoms with Crippen molar-refractivity contribution in [3.63, 3.8) is 0 Å². The molecule has 27 heavy (non-hydrogen) atoms. The lowest BCUT2D eigenvalue weighted by molar-refractivity contribution is 0.0975. The first-order valence-corrected chi connectivity index (χ1v) is 9.57. The number of guanidine groups is 1. The molecule has 0 aliphatic carbocycles. The highest BCUT2D eigenvalue weighted by Gasteiger charge is 2.16. The van der Waals surface area contributed by atoms with Crippen molar-refractivity contribution >= 4 is 33.5 Å². The molecule has 1 fully saturated rings. The van der Waals surface area contributed by atoms with Crippen LogP contribution in [0.4, 0.5) is 5.69 Å². The van der Waals surface area contributed by atoms with Crippen molar-refractivity contribution in [3.05, 3.63) is 58.6 Å². The molecule has 1 aliphatic heterocycles. The lowest BCUT2D eigenvalue weighted by Crippen LogP contribution is -2.36. The second-order valence-electron chi connectivity index (χ2n) is 6.15. The van der Waals surface area contributed by atoms with Gasteiger partial charge in [0.25, 0.3) is 5.91 Å². The number of nitrogens with zero attached hydrogens (tertiary/aromatic N) is 1. The van der Waals surface area contributed by atoms with Crippen LogP contribution in [0, 0.1) is 0 Å². The third-order valence-corrected chi connectivity index (χ3v) is 4.62. The Balaban J connectivity index is 1.75. The van der Waals surface area contributed by atoms with E-state index in [0.29, 0.717) is 23.8 Å². The fraction of sp³-hybridized carbons (Fsp3) is 0.300. The van der Waals surface area contributed by atoms with E-state index in [1.165, 1.54) is 0 Å². The molecule has 1 unspecified atom stereocenters. The summed E-state index contributed by atoms with van der Waals surface area (Å²) in [6.45, 7) is 1.26. The molecule has 0 spiro atoms. The zero-order chi connectivity index (χ0) is 19.1. The van der Waals surface area contributed by atoms with E-state index < -0.39 is 0 Å². The number of methoxy groups -OCH3 is 1. The van der Waals surface area contributed by atoms with Crippen molar-refractivity contribution in [1.29, 1.82) is 0 Å². The van der Waals surface area contributed by atoms with Crippen molar-refractivity contribution in [1.82, 2.24) is 5.32 Å². The Morgan fingerprint density at radius 3 is 2.89 bits per heavy atom. The van der Waals surface area contributed by atoms with Crippen molar-refractivity contribution in [2.75, 3.05) is 25.6 Å². The fourth-order valence-electron chi connectivity index (χ4n) is 2.74. The van der Waals surface area contributed by atoms with Crippen LogP contribution in [0.2, 0.25) is 0 Å². The summed E-state index contributed by atoms with van der Waals surface area (Å²) in [6, 6.07) is 14.7. The predicted octanol–water partition coefficient (Wildman–Crippen LogP) is 3.83. The number of hydrogen-bond acceptors (Lipinski definition) is 4. The largest absolute Gasteiger partial charge is 0.497 e. The van der Waals surface area contributed by atoms with Gasteiger partial charge in [-0.05, 0) is 49.2 Å². The maximum absolute atomic E-state index is 12.6. The van der Waals surface area contributed by atoms with Crippen LogP contribution in [0.5, 0.6) is 5.75 Å². The molecule has 1 aliphatic rings. The van der Waals surface area contributed by atoms with E-state index in [9.17, 15) is 4.79 Å². The quantitative estimate of drug-likeness (QED) is 0.557. The minimum atomic E-state index is -0.262. The van der Waals surface area contributed by atoms with E-state index in [1.54, 1.807) is 31.4 Å². The molecular weight excluding hydrogens is 410 g/mol. The highest BCUT2D eigenvalue weighted by Crippen LogP contribution is 2.17. The molecule has 2 aromatic rings. The van der Waals surface area contributed by atoms with Crippen molar-refractivity contribution in [2.24, 2.45) is 4.99 Å². The molecule has 0 radical (unpaired) electrons. The number of carbonyl (C=O) groups excluding carboxylic acids is 1. The van der Waals surface area contributed by atoms with Crippen molar-refractivity contribution in [2.45, 2.75) is 18.9 Å². The average molecular weight is 432 g/mol. The van der Waals surface area contributed by atoms with Gasteiger partial charge in [0, 0.05) is 22.3 Å². The van der Waals surface area contributed by atoms with E-state index in [0.717, 1.165) is 29.6 Å². The highest BCUT2D eigenvalue weighted by atomic mass is 79.9. The van der Waals surface area contributed by atoms with Crippen LogP contribution in [0.25, 0.3) is 0 Å². The lowest BCUT2D eigenvalue weighted by atomic mass is 10.2. The molecule has 6 nitrogen and oxygen atoms in total. The zero-order valence-corrected chi connectivity index (χ0v) is 16.7. The molecule has 1 atom stereocenters. The van der Waals surface area contributed by atoms with E-state index in [-0.39, 0.29) is 12.0 Å². The van der Waals surface area contributed by atoms with Crippen LogP contribution < -0.4 is 15.4 Å². The minimum absolute atomic E-state index is 0.0954. The van der Waals surface area contributed by atoms with Gasteiger partial charge in [-0.25, -0.2) is 4.99 Å². The Hall–Kier alpha value is -2.38. The number of halogens is 1. The Morgan fingerprint density at radius 2 is 2.15 bits per heavy atom. The van der Waals surface area contributed by atoms with Crippen LogP contribution >= 0.6 is 15.9 Å². The fourth-order valence-corrected chi connectivity index (χ4v) is 3.14. The molecule has 3 rings (SSSR count). The summed E-state index contributed by atoms with van der Waals surface area (Å²) in [5.74, 6) is 0.749. The Kier molecular flexibility index (Phi) is 6.84. The van der Waals surface area contributed by atoms with Gasteiger partial charge in [0.1, 0.15) is 5.75 Å². The van der Waals surface area contributed by atoms with Crippen LogP contribution in [-0.2, 0) is 4.74 Å². The third-order valence-electron chi connectivity index (χ3n) is 4.13. The number of carbonyl (C=O) groups is 1. The maximum Gasteiger partial charge on any atom is 0.258 e. The van der Waals surface area contributed by atoms with Gasteiger partial charge in [-0.1, -0.05) is 28.1 Å². The van der Waals surface area contributed by atoms with E-state index in [4.69, 9.17) is 9.47 Å². The van der Waals surface area contributed by atoms with Crippen LogP contribution in [0.1, 0.15) is 23.2 Å². The van der Waals surface area contributed by atoms with E-state index in [1.807, 2.05) is 24.3 Å². The Morgan fingerprint density at radius 1 is 1.30 bits per heavy atom. The molecule has 1 amide bonds. The van der Waals surface area contributed by atoms with Gasteiger partial charge in [0.2, 0.25) is 5.96 Å². The number of amides is 1. The molecule has 142 valence electrons. The second kappa shape index (κ2) is 9.53. The summed E-state index contributed by atoms with van der Waals surface area (Å²) >= 11 is 3.45.